The van der Waals surface area contributed by atoms with Crippen LogP contribution in [0.25, 0.3) is 0 Å². The largest absolute Gasteiger partial charge is 0.461 e. The van der Waals surface area contributed by atoms with Gasteiger partial charge in [0.1, 0.15) is 18.5 Å². The number of hydrogen-bond donors (Lipinski definition) is 2. The Morgan fingerprint density at radius 3 is 2.48 bits per heavy atom. The smallest absolute Gasteiger partial charge is 0.355 e. The molecule has 0 saturated carbocycles. The van der Waals surface area contributed by atoms with Crippen LogP contribution in [0.5, 0.6) is 0 Å². The summed E-state index contributed by atoms with van der Waals surface area (Å²) < 4.78 is 10.2. The van der Waals surface area contributed by atoms with Crippen molar-refractivity contribution in [2.75, 3.05) is 13.2 Å². The molecular formula is C15H23NO6S. The van der Waals surface area contributed by atoms with E-state index in [1.807, 2.05) is 13.8 Å². The predicted octanol–water partition coefficient (Wildman–Crippen LogP) is 0.664. The number of hydrogen-bond acceptors (Lipinski definition) is 8. The number of carbonyl (C=O) groups excluding carboxylic acids is 2. The van der Waals surface area contributed by atoms with Gasteiger partial charge in [-0.15, -0.1) is 0 Å². The molecule has 0 aromatic carbocycles. The summed E-state index contributed by atoms with van der Waals surface area (Å²) >= 11 is 1.32. The van der Waals surface area contributed by atoms with Crippen molar-refractivity contribution < 1.29 is 29.3 Å². The molecule has 0 spiro atoms. The number of nitrogens with zero attached hydrogens (tertiary/aromatic N) is 1. The highest BCUT2D eigenvalue weighted by molar-refractivity contribution is 8.04. The van der Waals surface area contributed by atoms with Crippen molar-refractivity contribution >= 4 is 23.7 Å². The molecule has 0 radical (unpaired) electrons. The van der Waals surface area contributed by atoms with Gasteiger partial charge in [0.2, 0.25) is 0 Å². The van der Waals surface area contributed by atoms with E-state index in [1.54, 1.807) is 6.92 Å². The first-order chi connectivity index (χ1) is 10.7. The average Bonchev–Trinajstić information content (AvgIpc) is 2.76. The summed E-state index contributed by atoms with van der Waals surface area (Å²) in [6.45, 7) is 6.97. The maximum absolute atomic E-state index is 12.4. The van der Waals surface area contributed by atoms with E-state index in [4.69, 9.17) is 9.47 Å². The summed E-state index contributed by atoms with van der Waals surface area (Å²) in [4.78, 5) is 25.5. The van der Waals surface area contributed by atoms with E-state index in [-0.39, 0.29) is 36.1 Å². The summed E-state index contributed by atoms with van der Waals surface area (Å²) in [5, 5.41) is 19.8. The molecule has 0 aliphatic carbocycles. The van der Waals surface area contributed by atoms with Crippen LogP contribution in [0.1, 0.15) is 27.7 Å². The summed E-state index contributed by atoms with van der Waals surface area (Å²) in [5.74, 6) is -1.18. The lowest BCUT2D eigenvalue weighted by Crippen LogP contribution is -2.63. The predicted molar refractivity (Wildman–Crippen MR) is 83.9 cm³/mol. The van der Waals surface area contributed by atoms with Gasteiger partial charge >= 0.3 is 11.9 Å². The summed E-state index contributed by atoms with van der Waals surface area (Å²) in [6.07, 6.45) is -1.66. The zero-order valence-electron chi connectivity index (χ0n) is 13.7. The Kier molecular flexibility index (Phi) is 5.59. The van der Waals surface area contributed by atoms with E-state index in [0.717, 1.165) is 0 Å². The first kappa shape index (κ1) is 18.1. The van der Waals surface area contributed by atoms with Crippen LogP contribution in [-0.2, 0) is 19.1 Å². The van der Waals surface area contributed by atoms with E-state index >= 15 is 0 Å². The number of aliphatic hydroxyl groups is 2. The third-order valence-electron chi connectivity index (χ3n) is 3.72. The quantitative estimate of drug-likeness (QED) is 0.678. The molecule has 1 saturated heterocycles. The molecule has 2 aliphatic heterocycles. The Hall–Kier alpha value is -1.25. The molecule has 0 aromatic rings. The van der Waals surface area contributed by atoms with Crippen molar-refractivity contribution in [1.29, 1.82) is 0 Å². The highest BCUT2D eigenvalue weighted by Gasteiger charge is 2.57. The lowest BCUT2D eigenvalue weighted by atomic mass is 9.91. The third kappa shape index (κ3) is 3.64. The monoisotopic (exact) mass is 345 g/mol. The number of fused-ring (bicyclic) bond motifs is 1. The van der Waals surface area contributed by atoms with Crippen molar-refractivity contribution in [2.24, 2.45) is 11.8 Å². The fraction of sp³-hybridized carbons (Fsp3) is 0.733. The lowest BCUT2D eigenvalue weighted by Gasteiger charge is -2.51. The second kappa shape index (κ2) is 7.11. The standard InChI is InChI=1S/C15H23NO6S/c1-7(2)5-22-15(20)12-10(6-21-9(4)18)23-14-11(8(3)17)13(19)16(12)14/h7-8,11,13-14,17,19H,5-6H2,1-4H3/t8-,11+,13?,14-/m1/s1. The summed E-state index contributed by atoms with van der Waals surface area (Å²) in [6, 6.07) is 0. The van der Waals surface area contributed by atoms with Crippen molar-refractivity contribution in [2.45, 2.75) is 45.4 Å². The van der Waals surface area contributed by atoms with Gasteiger partial charge in [0.15, 0.2) is 0 Å². The fourth-order valence-corrected chi connectivity index (χ4v) is 4.18. The molecule has 2 N–H and O–H groups in total. The number of rotatable bonds is 6. The molecule has 1 unspecified atom stereocenters. The average molecular weight is 345 g/mol. The normalized spacial score (nSPS) is 27.6. The maximum Gasteiger partial charge on any atom is 0.355 e. The van der Waals surface area contributed by atoms with Crippen LogP contribution in [0, 0.1) is 11.8 Å². The molecule has 8 heteroatoms. The summed E-state index contributed by atoms with van der Waals surface area (Å²) in [7, 11) is 0. The minimum Gasteiger partial charge on any atom is -0.461 e. The number of ether oxygens (including phenoxy) is 2. The number of esters is 2. The van der Waals surface area contributed by atoms with Gasteiger partial charge in [-0.25, -0.2) is 4.79 Å². The molecule has 4 atom stereocenters. The highest BCUT2D eigenvalue weighted by atomic mass is 32.2. The van der Waals surface area contributed by atoms with Crippen molar-refractivity contribution in [3.05, 3.63) is 10.6 Å². The van der Waals surface area contributed by atoms with E-state index in [2.05, 4.69) is 0 Å². The Labute approximate surface area is 139 Å². The van der Waals surface area contributed by atoms with Crippen LogP contribution in [0.4, 0.5) is 0 Å². The highest BCUT2D eigenvalue weighted by Crippen LogP contribution is 2.52. The Morgan fingerprint density at radius 1 is 1.30 bits per heavy atom. The van der Waals surface area contributed by atoms with Gasteiger partial charge in [-0.1, -0.05) is 25.6 Å². The molecule has 2 rings (SSSR count). The minimum atomic E-state index is -0.955. The first-order valence-electron chi connectivity index (χ1n) is 7.58. The third-order valence-corrected chi connectivity index (χ3v) is 5.10. The van der Waals surface area contributed by atoms with Gasteiger partial charge in [-0.05, 0) is 12.8 Å². The fourth-order valence-electron chi connectivity index (χ4n) is 2.59. The van der Waals surface area contributed by atoms with Crippen molar-refractivity contribution in [1.82, 2.24) is 4.90 Å². The van der Waals surface area contributed by atoms with Gasteiger partial charge < -0.3 is 24.6 Å². The SMILES string of the molecule is CC(=O)OCC1=C(C(=O)OCC(C)C)N2C(O)[C@H]([C@@H](C)O)[C@H]2S1. The molecule has 2 heterocycles. The summed E-state index contributed by atoms with van der Waals surface area (Å²) in [5.41, 5.74) is 0.228. The number of aliphatic hydroxyl groups excluding tert-OH is 2. The molecule has 1 fully saturated rings. The first-order valence-corrected chi connectivity index (χ1v) is 8.46. The van der Waals surface area contributed by atoms with Crippen molar-refractivity contribution in [3.63, 3.8) is 0 Å². The topological polar surface area (TPSA) is 96.3 Å². The van der Waals surface area contributed by atoms with Gasteiger partial charge in [-0.3, -0.25) is 4.79 Å². The zero-order valence-corrected chi connectivity index (χ0v) is 14.5. The Bertz CT molecular complexity index is 518. The second-order valence-corrected chi connectivity index (χ2v) is 7.40. The molecule has 23 heavy (non-hydrogen) atoms. The molecular weight excluding hydrogens is 322 g/mol. The Balaban J connectivity index is 2.18. The van der Waals surface area contributed by atoms with Crippen LogP contribution in [-0.4, -0.2) is 58.0 Å². The van der Waals surface area contributed by atoms with Gasteiger partial charge in [0.05, 0.1) is 28.9 Å². The van der Waals surface area contributed by atoms with Crippen LogP contribution in [0.15, 0.2) is 10.6 Å². The van der Waals surface area contributed by atoms with Gasteiger partial charge in [-0.2, -0.15) is 0 Å². The van der Waals surface area contributed by atoms with Crippen LogP contribution in [0.3, 0.4) is 0 Å². The van der Waals surface area contributed by atoms with Gasteiger partial charge in [0.25, 0.3) is 0 Å². The van der Waals surface area contributed by atoms with Crippen molar-refractivity contribution in [3.8, 4) is 0 Å². The molecule has 0 amide bonds. The van der Waals surface area contributed by atoms with Crippen LogP contribution >= 0.6 is 11.8 Å². The van der Waals surface area contributed by atoms with Gasteiger partial charge in [0, 0.05) is 6.92 Å². The zero-order chi connectivity index (χ0) is 17.3. The molecule has 0 bridgehead atoms. The van der Waals surface area contributed by atoms with Crippen LogP contribution < -0.4 is 0 Å². The molecule has 0 aromatic heterocycles. The van der Waals surface area contributed by atoms with E-state index in [9.17, 15) is 19.8 Å². The van der Waals surface area contributed by atoms with E-state index in [0.29, 0.717) is 4.91 Å². The minimum absolute atomic E-state index is 0.0433. The van der Waals surface area contributed by atoms with E-state index in [1.165, 1.54) is 23.6 Å². The molecule has 130 valence electrons. The van der Waals surface area contributed by atoms with Crippen LogP contribution in [0.2, 0.25) is 0 Å². The lowest BCUT2D eigenvalue weighted by molar-refractivity contribution is -0.170. The Morgan fingerprint density at radius 2 is 1.96 bits per heavy atom. The molecule has 2 aliphatic rings. The number of thioether (sulfide) groups is 1. The second-order valence-electron chi connectivity index (χ2n) is 6.19. The molecule has 7 nitrogen and oxygen atoms in total. The maximum atomic E-state index is 12.4. The number of carbonyl (C=O) groups is 2. The van der Waals surface area contributed by atoms with E-state index < -0.39 is 24.3 Å².